The number of carboxylic acids is 1. The van der Waals surface area contributed by atoms with Gasteiger partial charge in [-0.2, -0.15) is 5.10 Å². The van der Waals surface area contributed by atoms with Crippen molar-refractivity contribution in [3.05, 3.63) is 39.9 Å². The molecule has 0 bridgehead atoms. The molecule has 0 spiro atoms. The number of hydrogen-bond donors (Lipinski definition) is 1. The molecule has 5 nitrogen and oxygen atoms in total. The van der Waals surface area contributed by atoms with Crippen LogP contribution < -0.4 is 0 Å². The van der Waals surface area contributed by atoms with Crippen molar-refractivity contribution in [3.8, 4) is 11.3 Å². The Hall–Kier alpha value is -1.73. The van der Waals surface area contributed by atoms with Crippen molar-refractivity contribution < 1.29 is 9.90 Å². The van der Waals surface area contributed by atoms with Crippen molar-refractivity contribution in [2.45, 2.75) is 6.42 Å². The first-order valence-corrected chi connectivity index (χ1v) is 7.05. The summed E-state index contributed by atoms with van der Waals surface area (Å²) in [5.74, 6) is -0.858. The molecule has 0 saturated carbocycles. The number of carboxylic acid groups (broad SMARTS) is 1. The highest BCUT2D eigenvalue weighted by Crippen LogP contribution is 2.31. The number of thiazole rings is 1. The van der Waals surface area contributed by atoms with Crippen LogP contribution in [0.1, 0.15) is 4.88 Å². The summed E-state index contributed by atoms with van der Waals surface area (Å²) in [6.45, 7) is 0. The van der Waals surface area contributed by atoms with E-state index in [0.29, 0.717) is 4.96 Å². The molecule has 3 aromatic rings. The molecule has 0 aliphatic carbocycles. The maximum Gasteiger partial charge on any atom is 0.308 e. The molecule has 1 aromatic carbocycles. The van der Waals surface area contributed by atoms with Gasteiger partial charge in [-0.25, -0.2) is 9.50 Å². The molecule has 7 heteroatoms. The Morgan fingerprint density at radius 2 is 2.11 bits per heavy atom. The smallest absolute Gasteiger partial charge is 0.308 e. The predicted molar refractivity (Wildman–Crippen MR) is 75.3 cm³/mol. The molecule has 1 N–H and O–H groups in total. The van der Waals surface area contributed by atoms with E-state index in [2.05, 4.69) is 26.0 Å². The highest BCUT2D eigenvalue weighted by atomic mass is 79.9. The molecular formula is C12H8BrN3O2S. The van der Waals surface area contributed by atoms with Gasteiger partial charge in [-0.15, -0.1) is 0 Å². The van der Waals surface area contributed by atoms with Crippen molar-refractivity contribution in [2.24, 2.45) is 0 Å². The van der Waals surface area contributed by atoms with Gasteiger partial charge in [0.05, 0.1) is 12.1 Å². The van der Waals surface area contributed by atoms with Crippen LogP contribution in [0.5, 0.6) is 0 Å². The van der Waals surface area contributed by atoms with E-state index in [0.717, 1.165) is 20.6 Å². The maximum atomic E-state index is 11.0. The third kappa shape index (κ3) is 2.26. The molecule has 3 rings (SSSR count). The monoisotopic (exact) mass is 337 g/mol. The Labute approximate surface area is 120 Å². The summed E-state index contributed by atoms with van der Waals surface area (Å²) in [5, 5.41) is 13.2. The third-order valence-corrected chi connectivity index (χ3v) is 4.21. The van der Waals surface area contributed by atoms with Gasteiger partial charge in [0, 0.05) is 14.9 Å². The molecule has 2 heterocycles. The Kier molecular flexibility index (Phi) is 3.08. The molecular weight excluding hydrogens is 330 g/mol. The van der Waals surface area contributed by atoms with Crippen LogP contribution in [-0.4, -0.2) is 25.7 Å². The van der Waals surface area contributed by atoms with E-state index in [1.807, 2.05) is 24.3 Å². The van der Waals surface area contributed by atoms with Crippen molar-refractivity contribution in [2.75, 3.05) is 0 Å². The molecule has 0 amide bonds. The Bertz CT molecular complexity index is 748. The van der Waals surface area contributed by atoms with Gasteiger partial charge in [0.1, 0.15) is 6.33 Å². The first kappa shape index (κ1) is 12.3. The van der Waals surface area contributed by atoms with E-state index in [4.69, 9.17) is 5.11 Å². The van der Waals surface area contributed by atoms with E-state index >= 15 is 0 Å². The van der Waals surface area contributed by atoms with Gasteiger partial charge in [0.2, 0.25) is 4.96 Å². The number of nitrogens with zero attached hydrogens (tertiary/aromatic N) is 3. The summed E-state index contributed by atoms with van der Waals surface area (Å²) >= 11 is 4.74. The van der Waals surface area contributed by atoms with Crippen LogP contribution in [0.25, 0.3) is 16.2 Å². The van der Waals surface area contributed by atoms with Crippen molar-refractivity contribution >= 4 is 38.2 Å². The van der Waals surface area contributed by atoms with Crippen LogP contribution in [0.2, 0.25) is 0 Å². The van der Waals surface area contributed by atoms with E-state index < -0.39 is 5.97 Å². The van der Waals surface area contributed by atoms with E-state index in [1.54, 1.807) is 4.52 Å². The van der Waals surface area contributed by atoms with Gasteiger partial charge >= 0.3 is 5.97 Å². The van der Waals surface area contributed by atoms with Crippen LogP contribution in [0.4, 0.5) is 0 Å². The standard InChI is InChI=1S/C12H8BrN3O2S/c13-8-3-1-7(2-4-8)11-9(5-10(17)18)19-12-14-6-15-16(11)12/h1-4,6H,5H2,(H,17,18). The second-order valence-corrected chi connectivity index (χ2v) is 5.88. The lowest BCUT2D eigenvalue weighted by molar-refractivity contribution is -0.136. The van der Waals surface area contributed by atoms with Crippen LogP contribution >= 0.6 is 27.3 Å². The van der Waals surface area contributed by atoms with Crippen LogP contribution in [-0.2, 0) is 11.2 Å². The first-order valence-electron chi connectivity index (χ1n) is 5.44. The number of rotatable bonds is 3. The van der Waals surface area contributed by atoms with Crippen molar-refractivity contribution in [1.82, 2.24) is 14.6 Å². The number of benzene rings is 1. The van der Waals surface area contributed by atoms with Crippen LogP contribution in [0, 0.1) is 0 Å². The largest absolute Gasteiger partial charge is 0.481 e. The minimum Gasteiger partial charge on any atom is -0.481 e. The molecule has 0 saturated heterocycles. The Morgan fingerprint density at radius 1 is 1.37 bits per heavy atom. The molecule has 19 heavy (non-hydrogen) atoms. The summed E-state index contributed by atoms with van der Waals surface area (Å²) in [7, 11) is 0. The topological polar surface area (TPSA) is 67.5 Å². The number of hydrogen-bond acceptors (Lipinski definition) is 4. The second-order valence-electron chi connectivity index (χ2n) is 3.91. The van der Waals surface area contributed by atoms with Gasteiger partial charge in [-0.1, -0.05) is 39.4 Å². The van der Waals surface area contributed by atoms with Gasteiger partial charge in [-0.05, 0) is 12.1 Å². The number of carbonyl (C=O) groups is 1. The fraction of sp³-hybridized carbons (Fsp3) is 0.0833. The zero-order valence-electron chi connectivity index (χ0n) is 9.58. The van der Waals surface area contributed by atoms with E-state index in [9.17, 15) is 4.79 Å². The normalized spacial score (nSPS) is 11.0. The molecule has 0 radical (unpaired) electrons. The lowest BCUT2D eigenvalue weighted by Crippen LogP contribution is -2.01. The summed E-state index contributed by atoms with van der Waals surface area (Å²) < 4.78 is 2.66. The molecule has 96 valence electrons. The Balaban J connectivity index is 2.21. The van der Waals surface area contributed by atoms with Crippen molar-refractivity contribution in [1.29, 1.82) is 0 Å². The average Bonchev–Trinajstić information content (AvgIpc) is 2.90. The minimum absolute atomic E-state index is 0.0267. The lowest BCUT2D eigenvalue weighted by atomic mass is 10.1. The summed E-state index contributed by atoms with van der Waals surface area (Å²) in [4.78, 5) is 16.5. The highest BCUT2D eigenvalue weighted by Gasteiger charge is 2.17. The SMILES string of the molecule is O=C(O)Cc1sc2ncnn2c1-c1ccc(Br)cc1. The van der Waals surface area contributed by atoms with Crippen LogP contribution in [0.15, 0.2) is 35.1 Å². The summed E-state index contributed by atoms with van der Waals surface area (Å²) in [6, 6.07) is 7.69. The number of halogens is 1. The van der Waals surface area contributed by atoms with Crippen LogP contribution in [0.3, 0.4) is 0 Å². The lowest BCUT2D eigenvalue weighted by Gasteiger charge is -2.02. The second kappa shape index (κ2) is 4.75. The molecule has 0 atom stereocenters. The zero-order chi connectivity index (χ0) is 13.4. The number of aliphatic carboxylic acids is 1. The van der Waals surface area contributed by atoms with Gasteiger partial charge in [0.15, 0.2) is 0 Å². The molecule has 0 aliphatic rings. The number of fused-ring (bicyclic) bond motifs is 1. The fourth-order valence-corrected chi connectivity index (χ4v) is 3.18. The van der Waals surface area contributed by atoms with Gasteiger partial charge < -0.3 is 5.11 Å². The molecule has 2 aromatic heterocycles. The fourth-order valence-electron chi connectivity index (χ4n) is 1.88. The summed E-state index contributed by atoms with van der Waals surface area (Å²) in [5.41, 5.74) is 1.73. The zero-order valence-corrected chi connectivity index (χ0v) is 12.0. The highest BCUT2D eigenvalue weighted by molar-refractivity contribution is 9.10. The van der Waals surface area contributed by atoms with Crippen molar-refractivity contribution in [3.63, 3.8) is 0 Å². The van der Waals surface area contributed by atoms with Gasteiger partial charge in [-0.3, -0.25) is 4.79 Å². The molecule has 0 aliphatic heterocycles. The molecule has 0 fully saturated rings. The average molecular weight is 338 g/mol. The minimum atomic E-state index is -0.858. The van der Waals surface area contributed by atoms with E-state index in [-0.39, 0.29) is 6.42 Å². The quantitative estimate of drug-likeness (QED) is 0.797. The third-order valence-electron chi connectivity index (χ3n) is 2.64. The molecule has 0 unspecified atom stereocenters. The van der Waals surface area contributed by atoms with E-state index in [1.165, 1.54) is 17.7 Å². The maximum absolute atomic E-state index is 11.0. The first-order chi connectivity index (χ1) is 9.15. The number of aromatic nitrogens is 3. The van der Waals surface area contributed by atoms with Gasteiger partial charge in [0.25, 0.3) is 0 Å². The Morgan fingerprint density at radius 3 is 2.79 bits per heavy atom. The predicted octanol–water partition coefficient (Wildman–Crippen LogP) is 2.85. The summed E-state index contributed by atoms with van der Waals surface area (Å²) in [6.07, 6.45) is 1.44.